The molecule has 0 spiro atoms. The molecule has 0 aliphatic carbocycles. The minimum atomic E-state index is -0.278. The van der Waals surface area contributed by atoms with Gasteiger partial charge in [0.2, 0.25) is 5.91 Å². The minimum absolute atomic E-state index is 0. The number of carbonyl (C=O) groups excluding carboxylic acids is 2. The number of carbonyl (C=O) groups is 2. The van der Waals surface area contributed by atoms with Crippen LogP contribution in [0.25, 0.3) is 0 Å². The van der Waals surface area contributed by atoms with Gasteiger partial charge < -0.3 is 15.5 Å². The average molecular weight is 416 g/mol. The summed E-state index contributed by atoms with van der Waals surface area (Å²) < 4.78 is 0. The monoisotopic (exact) mass is 416 g/mol. The topological polar surface area (TPSA) is 61.4 Å². The molecule has 0 radical (unpaired) electrons. The van der Waals surface area contributed by atoms with E-state index in [1.54, 1.807) is 14.1 Å². The van der Waals surface area contributed by atoms with Crippen LogP contribution in [0, 0.1) is 6.04 Å². The first kappa shape index (κ1) is 14.6. The Bertz CT molecular complexity index is 464. The first-order valence-electron chi connectivity index (χ1n) is 5.35. The second-order valence-electron chi connectivity index (χ2n) is 3.73. The van der Waals surface area contributed by atoms with Gasteiger partial charge in [-0.3, -0.25) is 4.79 Å². The maximum Gasteiger partial charge on any atom is 0.310 e. The Balaban J connectivity index is 0.00000162. The van der Waals surface area contributed by atoms with Crippen molar-refractivity contribution in [1.82, 2.24) is 15.5 Å². The molecule has 0 saturated heterocycles. The Morgan fingerprint density at radius 1 is 1.22 bits per heavy atom. The van der Waals surface area contributed by atoms with E-state index < -0.39 is 0 Å². The Hall–Kier alpha value is -1.48. The van der Waals surface area contributed by atoms with Crippen molar-refractivity contribution < 1.29 is 30.7 Å². The number of nitrogens with zero attached hydrogens (tertiary/aromatic N) is 1. The summed E-state index contributed by atoms with van der Waals surface area (Å²) in [5.74, 6) is -0.251. The van der Waals surface area contributed by atoms with Crippen LogP contribution in [0.15, 0.2) is 24.3 Å². The van der Waals surface area contributed by atoms with E-state index in [4.69, 9.17) is 0 Å². The summed E-state index contributed by atoms with van der Waals surface area (Å²) in [7, 11) is 3.10. The van der Waals surface area contributed by atoms with Gasteiger partial charge in [-0.1, -0.05) is 6.07 Å². The number of amides is 3. The van der Waals surface area contributed by atoms with Gasteiger partial charge in [0, 0.05) is 41.2 Å². The van der Waals surface area contributed by atoms with E-state index in [1.807, 2.05) is 24.3 Å². The van der Waals surface area contributed by atoms with Crippen LogP contribution in [0.5, 0.6) is 0 Å². The number of nitrogens with one attached hydrogen (secondary N) is 2. The minimum Gasteiger partial charge on any atom is -0.364 e. The summed E-state index contributed by atoms with van der Waals surface area (Å²) in [6.45, 7) is 0.429. The summed E-state index contributed by atoms with van der Waals surface area (Å²) in [6, 6.07) is 7.65. The van der Waals surface area contributed by atoms with Crippen molar-refractivity contribution >= 4 is 11.9 Å². The van der Waals surface area contributed by atoms with Crippen molar-refractivity contribution in [1.29, 1.82) is 0 Å². The van der Waals surface area contributed by atoms with E-state index in [1.165, 1.54) is 4.90 Å². The maximum atomic E-state index is 11.8. The fourth-order valence-electron chi connectivity index (χ4n) is 1.96. The molecular weight excluding hydrogens is 402 g/mol. The van der Waals surface area contributed by atoms with Crippen molar-refractivity contribution in [2.24, 2.45) is 0 Å². The fourth-order valence-corrected chi connectivity index (χ4v) is 1.96. The summed E-state index contributed by atoms with van der Waals surface area (Å²) in [6.07, 6.45) is 0. The van der Waals surface area contributed by atoms with Crippen LogP contribution in [0.4, 0.5) is 4.79 Å². The molecule has 3 amide bonds. The molecule has 1 aromatic rings. The maximum absolute atomic E-state index is 11.8. The van der Waals surface area contributed by atoms with Crippen molar-refractivity contribution in [3.63, 3.8) is 0 Å². The number of urea groups is 1. The van der Waals surface area contributed by atoms with Crippen molar-refractivity contribution in [2.45, 2.75) is 6.54 Å². The second-order valence-corrected chi connectivity index (χ2v) is 3.73. The van der Waals surface area contributed by atoms with Crippen LogP contribution in [0.1, 0.15) is 11.1 Å². The summed E-state index contributed by atoms with van der Waals surface area (Å²) >= 11 is 0. The Morgan fingerprint density at radius 2 is 1.89 bits per heavy atom. The summed E-state index contributed by atoms with van der Waals surface area (Å²) in [5, 5.41) is 5.10. The smallest absolute Gasteiger partial charge is 0.310 e. The molecule has 18 heavy (non-hydrogen) atoms. The van der Waals surface area contributed by atoms with Crippen LogP contribution in [0.3, 0.4) is 0 Å². The van der Waals surface area contributed by atoms with Crippen LogP contribution in [-0.4, -0.2) is 30.9 Å². The Kier molecular flexibility index (Phi) is 4.79. The van der Waals surface area contributed by atoms with Gasteiger partial charge in [-0.05, 0) is 6.54 Å². The van der Waals surface area contributed by atoms with Gasteiger partial charge in [0.15, 0.2) is 0 Å². The molecule has 0 aromatic heterocycles. The normalized spacial score (nSPS) is 12.6. The van der Waals surface area contributed by atoms with Crippen LogP contribution in [-0.2, 0) is 32.4 Å². The number of hydrogen-bond acceptors (Lipinski definition) is 2. The number of hydrogen-bond donors (Lipinski definition) is 2. The Morgan fingerprint density at radius 3 is 2.50 bits per heavy atom. The molecule has 5 nitrogen and oxygen atoms in total. The molecular formula is C12H14N3O2W-. The van der Waals surface area contributed by atoms with E-state index in [-0.39, 0.29) is 33.0 Å². The van der Waals surface area contributed by atoms with Gasteiger partial charge in [0.1, 0.15) is 0 Å². The Labute approximate surface area is 120 Å². The zero-order valence-electron chi connectivity index (χ0n) is 10.2. The molecule has 1 aromatic carbocycles. The first-order chi connectivity index (χ1) is 8.19. The van der Waals surface area contributed by atoms with E-state index in [0.29, 0.717) is 12.6 Å². The van der Waals surface area contributed by atoms with E-state index in [0.717, 1.165) is 11.1 Å². The van der Waals surface area contributed by atoms with Gasteiger partial charge in [-0.25, -0.2) is 4.79 Å². The zero-order chi connectivity index (χ0) is 12.4. The molecule has 2 rings (SSSR count). The van der Waals surface area contributed by atoms with Crippen molar-refractivity contribution in [3.8, 4) is 0 Å². The molecule has 2 N–H and O–H groups in total. The predicted octanol–water partition coefficient (Wildman–Crippen LogP) is 0.465. The first-order valence-corrected chi connectivity index (χ1v) is 5.35. The number of fused-ring (bicyclic) bond motifs is 1. The van der Waals surface area contributed by atoms with E-state index in [9.17, 15) is 9.59 Å². The SMILES string of the molecule is CNC(=O)[C-]1c2ccccc2CN1C(=O)NC.[W]. The fraction of sp³-hybridized carbons (Fsp3) is 0.250. The predicted molar refractivity (Wildman–Crippen MR) is 62.9 cm³/mol. The standard InChI is InChI=1S/C12H14N3O2.W/c1-13-11(16)10-9-6-4-3-5-8(9)7-15(10)12(17)14-2;/h3-6H,7H2,1-2H3,(H,13,16)(H,14,17);/q-1;. The molecule has 0 unspecified atom stereocenters. The molecule has 1 heterocycles. The molecule has 0 bridgehead atoms. The third-order valence-electron chi connectivity index (χ3n) is 2.77. The third kappa shape index (κ3) is 2.36. The zero-order valence-corrected chi connectivity index (χ0v) is 13.1. The van der Waals surface area contributed by atoms with Crippen LogP contribution >= 0.6 is 0 Å². The largest absolute Gasteiger partial charge is 0.364 e. The van der Waals surface area contributed by atoms with E-state index >= 15 is 0 Å². The van der Waals surface area contributed by atoms with Gasteiger partial charge in [-0.2, -0.15) is 11.6 Å². The molecule has 96 valence electrons. The molecule has 0 atom stereocenters. The third-order valence-corrected chi connectivity index (χ3v) is 2.77. The molecule has 0 saturated carbocycles. The molecule has 0 fully saturated rings. The summed E-state index contributed by atoms with van der Waals surface area (Å²) in [4.78, 5) is 25.0. The van der Waals surface area contributed by atoms with Gasteiger partial charge in [0.25, 0.3) is 0 Å². The average Bonchev–Trinajstić information content (AvgIpc) is 2.76. The van der Waals surface area contributed by atoms with Gasteiger partial charge >= 0.3 is 6.03 Å². The van der Waals surface area contributed by atoms with E-state index in [2.05, 4.69) is 10.6 Å². The second kappa shape index (κ2) is 5.91. The van der Waals surface area contributed by atoms with Crippen molar-refractivity contribution in [3.05, 3.63) is 41.4 Å². The molecule has 1 aliphatic heterocycles. The number of rotatable bonds is 1. The van der Waals surface area contributed by atoms with Gasteiger partial charge in [-0.15, -0.1) is 17.7 Å². The number of likely N-dealkylation sites (N-methyl/N-ethyl adjacent to an activating group) is 1. The molecule has 6 heteroatoms. The quantitative estimate of drug-likeness (QED) is 0.655. The van der Waals surface area contributed by atoms with Crippen LogP contribution in [0.2, 0.25) is 0 Å². The summed E-state index contributed by atoms with van der Waals surface area (Å²) in [5.41, 5.74) is 1.80. The van der Waals surface area contributed by atoms with Crippen LogP contribution < -0.4 is 10.6 Å². The molecule has 1 aliphatic rings. The number of benzene rings is 1. The van der Waals surface area contributed by atoms with Gasteiger partial charge in [0.05, 0.1) is 0 Å². The van der Waals surface area contributed by atoms with Crippen molar-refractivity contribution in [2.75, 3.05) is 14.1 Å².